The highest BCUT2D eigenvalue weighted by Crippen LogP contribution is 2.33. The second kappa shape index (κ2) is 8.29. The SMILES string of the molecule is O=C(CCCc1ccccc1)N(O)CCC[P+]([O-])([O-])O. The van der Waals surface area contributed by atoms with Gasteiger partial charge in [-0.15, -0.1) is 0 Å². The van der Waals surface area contributed by atoms with E-state index in [1.165, 1.54) is 0 Å². The molecule has 0 fully saturated rings. The number of hydrogen-bond acceptors (Lipinski definition) is 5. The van der Waals surface area contributed by atoms with Crippen LogP contribution in [0.2, 0.25) is 0 Å². The molecule has 0 atom stereocenters. The Kier molecular flexibility index (Phi) is 7.05. The van der Waals surface area contributed by atoms with E-state index in [1.54, 1.807) is 0 Å². The zero-order chi connectivity index (χ0) is 15.0. The van der Waals surface area contributed by atoms with Gasteiger partial charge < -0.3 is 9.79 Å². The highest BCUT2D eigenvalue weighted by Gasteiger charge is 2.13. The third kappa shape index (κ3) is 7.53. The fourth-order valence-electron chi connectivity index (χ4n) is 1.76. The van der Waals surface area contributed by atoms with E-state index in [9.17, 15) is 19.8 Å². The summed E-state index contributed by atoms with van der Waals surface area (Å²) < 4.78 is 0. The first-order valence-electron chi connectivity index (χ1n) is 6.44. The number of hydrogen-bond donors (Lipinski definition) is 2. The van der Waals surface area contributed by atoms with Gasteiger partial charge in [-0.2, -0.15) is 0 Å². The number of nitrogens with zero attached hydrogens (tertiary/aromatic N) is 1. The van der Waals surface area contributed by atoms with Gasteiger partial charge in [-0.1, -0.05) is 30.3 Å². The molecule has 0 radical (unpaired) electrons. The minimum Gasteiger partial charge on any atom is -0.660 e. The van der Waals surface area contributed by atoms with E-state index in [0.29, 0.717) is 11.5 Å². The van der Waals surface area contributed by atoms with Crippen molar-refractivity contribution in [2.24, 2.45) is 0 Å². The summed E-state index contributed by atoms with van der Waals surface area (Å²) in [6.07, 6.45) is 1.12. The Balaban J connectivity index is 2.18. The van der Waals surface area contributed by atoms with Crippen LogP contribution in [-0.4, -0.2) is 33.8 Å². The van der Waals surface area contributed by atoms with E-state index >= 15 is 0 Å². The van der Waals surface area contributed by atoms with Gasteiger partial charge >= 0.3 is 0 Å². The van der Waals surface area contributed by atoms with Crippen molar-refractivity contribution in [2.45, 2.75) is 25.7 Å². The van der Waals surface area contributed by atoms with Crippen molar-refractivity contribution < 1.29 is 24.7 Å². The Morgan fingerprint density at radius 1 is 1.20 bits per heavy atom. The van der Waals surface area contributed by atoms with Crippen LogP contribution < -0.4 is 9.79 Å². The Hall–Kier alpha value is -1.04. The van der Waals surface area contributed by atoms with E-state index in [4.69, 9.17) is 4.89 Å². The number of hydroxylamine groups is 2. The van der Waals surface area contributed by atoms with Gasteiger partial charge in [0.15, 0.2) is 0 Å². The Morgan fingerprint density at radius 3 is 2.45 bits per heavy atom. The molecule has 7 heteroatoms. The maximum absolute atomic E-state index is 11.6. The summed E-state index contributed by atoms with van der Waals surface area (Å²) in [7, 11) is -4.31. The van der Waals surface area contributed by atoms with Crippen molar-refractivity contribution in [1.82, 2.24) is 5.06 Å². The normalized spacial score (nSPS) is 11.4. The molecule has 0 aliphatic rings. The second-order valence-corrected chi connectivity index (χ2v) is 6.29. The Bertz CT molecular complexity index is 407. The zero-order valence-electron chi connectivity index (χ0n) is 11.1. The third-order valence-corrected chi connectivity index (χ3v) is 3.68. The van der Waals surface area contributed by atoms with Crippen LogP contribution in [0.25, 0.3) is 0 Å². The first-order valence-corrected chi connectivity index (χ1v) is 8.21. The van der Waals surface area contributed by atoms with Gasteiger partial charge in [-0.05, 0) is 18.4 Å². The summed E-state index contributed by atoms with van der Waals surface area (Å²) in [4.78, 5) is 41.1. The predicted molar refractivity (Wildman–Crippen MR) is 71.5 cm³/mol. The maximum atomic E-state index is 11.6. The lowest BCUT2D eigenvalue weighted by Crippen LogP contribution is -2.31. The number of amides is 1. The van der Waals surface area contributed by atoms with Gasteiger partial charge in [0.05, 0.1) is 12.7 Å². The van der Waals surface area contributed by atoms with Gasteiger partial charge in [0.25, 0.3) is 0 Å². The predicted octanol–water partition coefficient (Wildman–Crippen LogP) is 0.0927. The first kappa shape index (κ1) is 17.0. The average molecular weight is 300 g/mol. The molecule has 0 aliphatic carbocycles. The highest BCUT2D eigenvalue weighted by molar-refractivity contribution is 7.55. The summed E-state index contributed by atoms with van der Waals surface area (Å²) in [6, 6.07) is 9.69. The molecule has 2 N–H and O–H groups in total. The summed E-state index contributed by atoms with van der Waals surface area (Å²) in [5.41, 5.74) is 1.12. The quantitative estimate of drug-likeness (QED) is 0.402. The maximum Gasteiger partial charge on any atom is 0.245 e. The molecule has 0 saturated heterocycles. The van der Waals surface area contributed by atoms with Crippen molar-refractivity contribution in [3.05, 3.63) is 35.9 Å². The van der Waals surface area contributed by atoms with E-state index < -0.39 is 20.0 Å². The zero-order valence-corrected chi connectivity index (χ0v) is 12.0. The van der Waals surface area contributed by atoms with Crippen LogP contribution in [-0.2, 0) is 11.2 Å². The molecule has 0 heterocycles. The molecule has 6 nitrogen and oxygen atoms in total. The topological polar surface area (TPSA) is 107 Å². The molecule has 1 rings (SSSR count). The van der Waals surface area contributed by atoms with Gasteiger partial charge in [0, 0.05) is 20.8 Å². The van der Waals surface area contributed by atoms with Crippen LogP contribution in [0.1, 0.15) is 24.8 Å². The fraction of sp³-hybridized carbons (Fsp3) is 0.462. The molecule has 0 aromatic heterocycles. The number of aryl methyl sites for hydroxylation is 1. The van der Waals surface area contributed by atoms with Gasteiger partial charge in [0.1, 0.15) is 0 Å². The van der Waals surface area contributed by atoms with Gasteiger partial charge in [0.2, 0.25) is 5.91 Å². The molecule has 112 valence electrons. The average Bonchev–Trinajstić information content (AvgIpc) is 2.38. The molecule has 0 bridgehead atoms. The van der Waals surface area contributed by atoms with Crippen LogP contribution in [0.3, 0.4) is 0 Å². The molecule has 1 aromatic carbocycles. The van der Waals surface area contributed by atoms with Crippen LogP contribution in [0, 0.1) is 0 Å². The smallest absolute Gasteiger partial charge is 0.245 e. The van der Waals surface area contributed by atoms with Crippen molar-refractivity contribution in [2.75, 3.05) is 12.7 Å². The van der Waals surface area contributed by atoms with Crippen LogP contribution in [0.5, 0.6) is 0 Å². The number of rotatable bonds is 8. The lowest BCUT2D eigenvalue weighted by molar-refractivity contribution is -0.331. The van der Waals surface area contributed by atoms with Crippen LogP contribution >= 0.6 is 7.94 Å². The molecular weight excluding hydrogens is 281 g/mol. The number of carbonyl (C=O) groups excluding carboxylic acids is 1. The van der Waals surface area contributed by atoms with E-state index in [0.717, 1.165) is 12.0 Å². The number of benzene rings is 1. The molecule has 20 heavy (non-hydrogen) atoms. The fourth-order valence-corrected chi connectivity index (χ4v) is 2.30. The highest BCUT2D eigenvalue weighted by atomic mass is 31.2. The summed E-state index contributed by atoms with van der Waals surface area (Å²) in [5.74, 6) is -0.445. The Labute approximate surface area is 118 Å². The molecule has 1 amide bonds. The second-order valence-electron chi connectivity index (χ2n) is 4.57. The van der Waals surface area contributed by atoms with E-state index in [2.05, 4.69) is 0 Å². The lowest BCUT2D eigenvalue weighted by Gasteiger charge is -2.28. The standard InChI is InChI=1S/C13H20NO5P/c15-13(14(16)10-5-11-20(17,18)19)9-4-8-12-6-2-1-3-7-12/h1-3,6-7,16H,4-5,8-11H2,(H2,17,18,19)/p-1. The largest absolute Gasteiger partial charge is 0.660 e. The number of carbonyl (C=O) groups is 1. The third-order valence-electron chi connectivity index (χ3n) is 2.80. The van der Waals surface area contributed by atoms with Crippen LogP contribution in [0.15, 0.2) is 30.3 Å². The van der Waals surface area contributed by atoms with Gasteiger partial charge in [-0.3, -0.25) is 14.9 Å². The minimum atomic E-state index is -4.31. The van der Waals surface area contributed by atoms with E-state index in [1.807, 2.05) is 30.3 Å². The molecular formula is C13H19NO5P-. The first-order chi connectivity index (χ1) is 9.38. The summed E-state index contributed by atoms with van der Waals surface area (Å²) >= 11 is 0. The van der Waals surface area contributed by atoms with E-state index in [-0.39, 0.29) is 19.4 Å². The molecule has 0 saturated carbocycles. The monoisotopic (exact) mass is 300 g/mol. The Morgan fingerprint density at radius 2 is 1.85 bits per heavy atom. The van der Waals surface area contributed by atoms with Crippen molar-refractivity contribution in [3.63, 3.8) is 0 Å². The van der Waals surface area contributed by atoms with Gasteiger partial charge in [-0.25, -0.2) is 5.06 Å². The van der Waals surface area contributed by atoms with Crippen LogP contribution in [0.4, 0.5) is 0 Å². The summed E-state index contributed by atoms with van der Waals surface area (Å²) in [6.45, 7) is -0.100. The summed E-state index contributed by atoms with van der Waals surface area (Å²) in [5, 5.41) is 9.94. The molecule has 0 aliphatic heterocycles. The molecule has 0 spiro atoms. The molecule has 0 unspecified atom stereocenters. The molecule has 1 aromatic rings. The van der Waals surface area contributed by atoms with Crippen molar-refractivity contribution in [1.29, 1.82) is 0 Å². The van der Waals surface area contributed by atoms with Crippen molar-refractivity contribution in [3.8, 4) is 0 Å². The van der Waals surface area contributed by atoms with Crippen molar-refractivity contribution >= 4 is 13.9 Å². The lowest BCUT2D eigenvalue weighted by atomic mass is 10.1. The minimum absolute atomic E-state index is 0.0121.